The Labute approximate surface area is 156 Å². The zero-order chi connectivity index (χ0) is 18.5. The molecule has 0 aromatic heterocycles. The lowest BCUT2D eigenvalue weighted by atomic mass is 10.1. The van der Waals surface area contributed by atoms with Gasteiger partial charge in [-0.05, 0) is 31.4 Å². The van der Waals surface area contributed by atoms with E-state index in [4.69, 9.17) is 16.3 Å². The maximum Gasteiger partial charge on any atom is 0.343 e. The van der Waals surface area contributed by atoms with Gasteiger partial charge in [0.2, 0.25) is 6.10 Å². The number of hydrogen-bond donors (Lipinski definition) is 0. The van der Waals surface area contributed by atoms with E-state index in [2.05, 4.69) is 0 Å². The van der Waals surface area contributed by atoms with Gasteiger partial charge in [0, 0.05) is 18.7 Å². The van der Waals surface area contributed by atoms with Gasteiger partial charge in [0.15, 0.2) is 0 Å². The molecule has 1 atom stereocenters. The summed E-state index contributed by atoms with van der Waals surface area (Å²) >= 11 is 5.95. The Morgan fingerprint density at radius 3 is 2.35 bits per heavy atom. The minimum absolute atomic E-state index is 0.0489. The van der Waals surface area contributed by atoms with Gasteiger partial charge in [-0.25, -0.2) is 9.18 Å². The molecular weight excluding hydrogens is 357 g/mol. The highest BCUT2D eigenvalue weighted by atomic mass is 35.5. The van der Waals surface area contributed by atoms with Crippen molar-refractivity contribution in [1.29, 1.82) is 0 Å². The third-order valence-corrected chi connectivity index (χ3v) is 4.70. The van der Waals surface area contributed by atoms with Gasteiger partial charge in [-0.2, -0.15) is 0 Å². The zero-order valence-corrected chi connectivity index (χ0v) is 14.9. The van der Waals surface area contributed by atoms with Crippen LogP contribution in [0.3, 0.4) is 0 Å². The van der Waals surface area contributed by atoms with Crippen LogP contribution in [-0.4, -0.2) is 29.9 Å². The van der Waals surface area contributed by atoms with Crippen molar-refractivity contribution >= 4 is 23.5 Å². The van der Waals surface area contributed by atoms with Crippen LogP contribution in [0.2, 0.25) is 5.02 Å². The van der Waals surface area contributed by atoms with Gasteiger partial charge in [0.1, 0.15) is 11.4 Å². The number of hydrogen-bond acceptors (Lipinski definition) is 3. The van der Waals surface area contributed by atoms with Gasteiger partial charge < -0.3 is 9.64 Å². The smallest absolute Gasteiger partial charge is 0.343 e. The fraction of sp³-hybridized carbons (Fsp3) is 0.300. The molecule has 1 heterocycles. The molecule has 4 nitrogen and oxygen atoms in total. The first-order valence-electron chi connectivity index (χ1n) is 8.56. The van der Waals surface area contributed by atoms with Crippen LogP contribution in [0.15, 0.2) is 48.5 Å². The van der Waals surface area contributed by atoms with Gasteiger partial charge in [0.25, 0.3) is 5.91 Å². The van der Waals surface area contributed by atoms with Gasteiger partial charge in [-0.15, -0.1) is 0 Å². The number of piperidine rings is 1. The predicted molar refractivity (Wildman–Crippen MR) is 96.4 cm³/mol. The standard InChI is InChI=1S/C20H19ClFNO3/c21-15-10-7-11-16(22)17(15)20(25)26-18(14-8-3-1-4-9-14)19(24)23-12-5-2-6-13-23/h1,3-4,7-11,18H,2,5-6,12-13H2. The van der Waals surface area contributed by atoms with E-state index in [-0.39, 0.29) is 16.5 Å². The van der Waals surface area contributed by atoms with Crippen LogP contribution in [0.1, 0.15) is 41.3 Å². The molecule has 1 fully saturated rings. The highest BCUT2D eigenvalue weighted by molar-refractivity contribution is 6.33. The number of esters is 1. The maximum absolute atomic E-state index is 14.0. The molecule has 0 N–H and O–H groups in total. The van der Waals surface area contributed by atoms with E-state index in [1.165, 1.54) is 12.1 Å². The normalized spacial score (nSPS) is 15.4. The number of carbonyl (C=O) groups is 2. The van der Waals surface area contributed by atoms with Crippen LogP contribution in [0, 0.1) is 5.82 Å². The Morgan fingerprint density at radius 1 is 1.00 bits per heavy atom. The number of ether oxygens (including phenoxy) is 1. The van der Waals surface area contributed by atoms with Crippen LogP contribution in [-0.2, 0) is 9.53 Å². The first-order chi connectivity index (χ1) is 12.6. The van der Waals surface area contributed by atoms with E-state index in [1.807, 2.05) is 6.07 Å². The molecule has 136 valence electrons. The third-order valence-electron chi connectivity index (χ3n) is 4.39. The Hall–Kier alpha value is -2.40. The summed E-state index contributed by atoms with van der Waals surface area (Å²) in [5.41, 5.74) is 0.186. The molecule has 0 aliphatic carbocycles. The Balaban J connectivity index is 1.88. The molecule has 1 unspecified atom stereocenters. The molecule has 1 aliphatic heterocycles. The minimum atomic E-state index is -1.13. The quantitative estimate of drug-likeness (QED) is 0.744. The van der Waals surface area contributed by atoms with Crippen LogP contribution in [0.4, 0.5) is 4.39 Å². The fourth-order valence-electron chi connectivity index (χ4n) is 3.03. The summed E-state index contributed by atoms with van der Waals surface area (Å²) in [4.78, 5) is 27.2. The number of nitrogens with zero attached hydrogens (tertiary/aromatic N) is 1. The summed E-state index contributed by atoms with van der Waals surface area (Å²) in [7, 11) is 0. The van der Waals surface area contributed by atoms with E-state index in [1.54, 1.807) is 29.2 Å². The van der Waals surface area contributed by atoms with E-state index in [0.717, 1.165) is 25.3 Å². The van der Waals surface area contributed by atoms with Crippen LogP contribution < -0.4 is 0 Å². The number of benzene rings is 2. The van der Waals surface area contributed by atoms with Crippen molar-refractivity contribution in [1.82, 2.24) is 4.90 Å². The fourth-order valence-corrected chi connectivity index (χ4v) is 3.27. The largest absolute Gasteiger partial charge is 0.444 e. The number of carbonyl (C=O) groups excluding carboxylic acids is 2. The number of halogens is 2. The number of rotatable bonds is 4. The van der Waals surface area contributed by atoms with E-state index < -0.39 is 17.9 Å². The second-order valence-corrected chi connectivity index (χ2v) is 6.59. The molecule has 6 heteroatoms. The monoisotopic (exact) mass is 375 g/mol. The molecule has 0 spiro atoms. The van der Waals surface area contributed by atoms with Gasteiger partial charge in [-0.3, -0.25) is 4.79 Å². The predicted octanol–water partition coefficient (Wildman–Crippen LogP) is 4.39. The Kier molecular flexibility index (Phi) is 5.89. The summed E-state index contributed by atoms with van der Waals surface area (Å²) in [5, 5.41) is -0.0489. The van der Waals surface area contributed by atoms with E-state index >= 15 is 0 Å². The summed E-state index contributed by atoms with van der Waals surface area (Å²) in [6.45, 7) is 1.25. The van der Waals surface area contributed by atoms with Crippen molar-refractivity contribution in [3.05, 3.63) is 70.5 Å². The van der Waals surface area contributed by atoms with Crippen LogP contribution in [0.5, 0.6) is 0 Å². The highest BCUT2D eigenvalue weighted by Crippen LogP contribution is 2.27. The minimum Gasteiger partial charge on any atom is -0.444 e. The molecule has 1 aliphatic rings. The SMILES string of the molecule is O=C(OC(C(=O)N1CCCCC1)c1ccccc1)c1c(F)cccc1Cl. The molecular formula is C20H19ClFNO3. The van der Waals surface area contributed by atoms with Gasteiger partial charge >= 0.3 is 5.97 Å². The second-order valence-electron chi connectivity index (χ2n) is 6.18. The lowest BCUT2D eigenvalue weighted by molar-refractivity contribution is -0.142. The van der Waals surface area contributed by atoms with E-state index in [0.29, 0.717) is 18.7 Å². The molecule has 0 bridgehead atoms. The first-order valence-corrected chi connectivity index (χ1v) is 8.94. The highest BCUT2D eigenvalue weighted by Gasteiger charge is 2.31. The third kappa shape index (κ3) is 4.05. The van der Waals surface area contributed by atoms with E-state index in [9.17, 15) is 14.0 Å². The number of amides is 1. The number of likely N-dealkylation sites (tertiary alicyclic amines) is 1. The van der Waals surface area contributed by atoms with Gasteiger partial charge in [0.05, 0.1) is 5.02 Å². The summed E-state index contributed by atoms with van der Waals surface area (Å²) < 4.78 is 19.5. The maximum atomic E-state index is 14.0. The van der Waals surface area contributed by atoms with Crippen LogP contribution >= 0.6 is 11.6 Å². The van der Waals surface area contributed by atoms with Crippen molar-refractivity contribution in [2.45, 2.75) is 25.4 Å². The molecule has 26 heavy (non-hydrogen) atoms. The van der Waals surface area contributed by atoms with Crippen molar-refractivity contribution in [2.24, 2.45) is 0 Å². The van der Waals surface area contributed by atoms with Crippen molar-refractivity contribution < 1.29 is 18.7 Å². The van der Waals surface area contributed by atoms with Gasteiger partial charge in [-0.1, -0.05) is 48.0 Å². The summed E-state index contributed by atoms with van der Waals surface area (Å²) in [6.07, 6.45) is 1.78. The second kappa shape index (κ2) is 8.32. The lowest BCUT2D eigenvalue weighted by Gasteiger charge is -2.30. The van der Waals surface area contributed by atoms with Crippen LogP contribution in [0.25, 0.3) is 0 Å². The Bertz CT molecular complexity index is 771. The molecule has 0 saturated carbocycles. The first kappa shape index (κ1) is 18.4. The van der Waals surface area contributed by atoms with Crippen molar-refractivity contribution in [2.75, 3.05) is 13.1 Å². The summed E-state index contributed by atoms with van der Waals surface area (Å²) in [5.74, 6) is -2.02. The van der Waals surface area contributed by atoms with Crippen molar-refractivity contribution in [3.63, 3.8) is 0 Å². The lowest BCUT2D eigenvalue weighted by Crippen LogP contribution is -2.40. The Morgan fingerprint density at radius 2 is 1.69 bits per heavy atom. The molecule has 2 aromatic carbocycles. The topological polar surface area (TPSA) is 46.6 Å². The molecule has 1 amide bonds. The molecule has 0 radical (unpaired) electrons. The zero-order valence-electron chi connectivity index (χ0n) is 14.2. The average Bonchev–Trinajstić information content (AvgIpc) is 2.67. The van der Waals surface area contributed by atoms with Crippen molar-refractivity contribution in [3.8, 4) is 0 Å². The molecule has 2 aromatic rings. The molecule has 1 saturated heterocycles. The molecule has 3 rings (SSSR count). The average molecular weight is 376 g/mol. The summed E-state index contributed by atoms with van der Waals surface area (Å²) in [6, 6.07) is 12.7.